The van der Waals surface area contributed by atoms with Crippen LogP contribution in [0.4, 0.5) is 0 Å². The van der Waals surface area contributed by atoms with Gasteiger partial charge in [0.15, 0.2) is 0 Å². The molecule has 2 saturated heterocycles. The van der Waals surface area contributed by atoms with E-state index in [-0.39, 0.29) is 23.7 Å². The SMILES string of the molecule is O=C(NCCC(c1ccccc1)c1ccccc1)[C@@H]1CCC(=O)N(CCN2CCOCC2)C1. The molecule has 4 rings (SSSR count). The number of rotatable bonds is 9. The van der Waals surface area contributed by atoms with Crippen LogP contribution in [0.1, 0.15) is 36.3 Å². The fourth-order valence-electron chi connectivity index (χ4n) is 4.81. The molecule has 0 bridgehead atoms. The first-order valence-electron chi connectivity index (χ1n) is 12.2. The van der Waals surface area contributed by atoms with E-state index in [1.807, 2.05) is 17.0 Å². The van der Waals surface area contributed by atoms with Crippen LogP contribution < -0.4 is 5.32 Å². The Morgan fingerprint density at radius 2 is 1.61 bits per heavy atom. The van der Waals surface area contributed by atoms with Crippen LogP contribution in [0.2, 0.25) is 0 Å². The fraction of sp³-hybridized carbons (Fsp3) is 0.481. The normalized spacial score (nSPS) is 19.6. The molecule has 2 fully saturated rings. The average Bonchev–Trinajstić information content (AvgIpc) is 2.87. The largest absolute Gasteiger partial charge is 0.379 e. The Morgan fingerprint density at radius 3 is 2.24 bits per heavy atom. The molecule has 0 unspecified atom stereocenters. The molecule has 0 saturated carbocycles. The van der Waals surface area contributed by atoms with Crippen LogP contribution in [0.3, 0.4) is 0 Å². The van der Waals surface area contributed by atoms with Crippen LogP contribution in [-0.2, 0) is 14.3 Å². The lowest BCUT2D eigenvalue weighted by atomic mass is 9.88. The van der Waals surface area contributed by atoms with Crippen molar-refractivity contribution in [3.8, 4) is 0 Å². The standard InChI is InChI=1S/C27H35N3O3/c31-26-12-11-24(21-30(26)16-15-29-17-19-33-20-18-29)27(32)28-14-13-25(22-7-3-1-4-8-22)23-9-5-2-6-10-23/h1-10,24-25H,11-21H2,(H,28,32)/t24-/m1/s1. The van der Waals surface area contributed by atoms with Gasteiger partial charge in [0.05, 0.1) is 19.1 Å². The topological polar surface area (TPSA) is 61.9 Å². The third-order valence-electron chi connectivity index (χ3n) is 6.80. The van der Waals surface area contributed by atoms with Crippen molar-refractivity contribution in [2.24, 2.45) is 5.92 Å². The molecule has 2 aliphatic rings. The van der Waals surface area contributed by atoms with E-state index in [2.05, 4.69) is 58.7 Å². The van der Waals surface area contributed by atoms with Gasteiger partial charge in [-0.15, -0.1) is 0 Å². The number of nitrogens with one attached hydrogen (secondary N) is 1. The molecule has 2 aliphatic heterocycles. The van der Waals surface area contributed by atoms with Crippen molar-refractivity contribution >= 4 is 11.8 Å². The van der Waals surface area contributed by atoms with Crippen LogP contribution in [0.25, 0.3) is 0 Å². The molecule has 0 aromatic heterocycles. The van der Waals surface area contributed by atoms with Crippen molar-refractivity contribution in [2.45, 2.75) is 25.2 Å². The maximum atomic E-state index is 12.9. The molecule has 2 aromatic carbocycles. The number of nitrogens with zero attached hydrogens (tertiary/aromatic N) is 2. The third-order valence-corrected chi connectivity index (χ3v) is 6.80. The van der Waals surface area contributed by atoms with E-state index in [1.165, 1.54) is 11.1 Å². The summed E-state index contributed by atoms with van der Waals surface area (Å²) >= 11 is 0. The summed E-state index contributed by atoms with van der Waals surface area (Å²) < 4.78 is 5.40. The number of morpholine rings is 1. The number of carbonyl (C=O) groups excluding carboxylic acids is 2. The second-order valence-electron chi connectivity index (χ2n) is 8.98. The van der Waals surface area contributed by atoms with Gasteiger partial charge in [0.1, 0.15) is 0 Å². The van der Waals surface area contributed by atoms with Crippen molar-refractivity contribution in [1.29, 1.82) is 0 Å². The first-order valence-corrected chi connectivity index (χ1v) is 12.2. The molecular weight excluding hydrogens is 414 g/mol. The Hall–Kier alpha value is -2.70. The molecule has 1 atom stereocenters. The van der Waals surface area contributed by atoms with Crippen molar-refractivity contribution < 1.29 is 14.3 Å². The summed E-state index contributed by atoms with van der Waals surface area (Å²) in [5.74, 6) is 0.351. The highest BCUT2D eigenvalue weighted by Gasteiger charge is 2.30. The molecule has 6 nitrogen and oxygen atoms in total. The van der Waals surface area contributed by atoms with Crippen molar-refractivity contribution in [1.82, 2.24) is 15.1 Å². The van der Waals surface area contributed by atoms with Crippen molar-refractivity contribution in [3.63, 3.8) is 0 Å². The fourth-order valence-corrected chi connectivity index (χ4v) is 4.81. The van der Waals surface area contributed by atoms with E-state index in [0.717, 1.165) is 39.3 Å². The second kappa shape index (κ2) is 12.0. The maximum absolute atomic E-state index is 12.9. The molecule has 33 heavy (non-hydrogen) atoms. The second-order valence-corrected chi connectivity index (χ2v) is 8.98. The van der Waals surface area contributed by atoms with E-state index in [0.29, 0.717) is 32.5 Å². The van der Waals surface area contributed by atoms with Crippen LogP contribution in [0, 0.1) is 5.92 Å². The highest BCUT2D eigenvalue weighted by Crippen LogP contribution is 2.27. The smallest absolute Gasteiger partial charge is 0.224 e. The summed E-state index contributed by atoms with van der Waals surface area (Å²) in [4.78, 5) is 29.5. The summed E-state index contributed by atoms with van der Waals surface area (Å²) in [6.07, 6.45) is 1.93. The number of hydrogen-bond donors (Lipinski definition) is 1. The van der Waals surface area contributed by atoms with Gasteiger partial charge >= 0.3 is 0 Å². The molecule has 6 heteroatoms. The van der Waals surface area contributed by atoms with Gasteiger partial charge in [0, 0.05) is 51.6 Å². The van der Waals surface area contributed by atoms with Crippen LogP contribution >= 0.6 is 0 Å². The number of ether oxygens (including phenoxy) is 1. The predicted octanol–water partition coefficient (Wildman–Crippen LogP) is 2.90. The Balaban J connectivity index is 1.28. The van der Waals surface area contributed by atoms with Gasteiger partial charge in [0.25, 0.3) is 0 Å². The zero-order valence-corrected chi connectivity index (χ0v) is 19.3. The molecule has 1 N–H and O–H groups in total. The number of amides is 2. The summed E-state index contributed by atoms with van der Waals surface area (Å²) in [6, 6.07) is 20.9. The molecule has 2 heterocycles. The van der Waals surface area contributed by atoms with Crippen molar-refractivity contribution in [2.75, 3.05) is 52.5 Å². The third kappa shape index (κ3) is 6.65. The minimum Gasteiger partial charge on any atom is -0.379 e. The zero-order chi connectivity index (χ0) is 22.9. The maximum Gasteiger partial charge on any atom is 0.224 e. The molecule has 176 valence electrons. The lowest BCUT2D eigenvalue weighted by molar-refractivity contribution is -0.138. The van der Waals surface area contributed by atoms with Gasteiger partial charge in [-0.25, -0.2) is 0 Å². The van der Waals surface area contributed by atoms with Gasteiger partial charge in [-0.05, 0) is 24.0 Å². The average molecular weight is 450 g/mol. The Bertz CT molecular complexity index is 844. The minimum atomic E-state index is -0.126. The Kier molecular flexibility index (Phi) is 8.50. The Morgan fingerprint density at radius 1 is 0.970 bits per heavy atom. The number of benzene rings is 2. The first kappa shape index (κ1) is 23.5. The van der Waals surface area contributed by atoms with Gasteiger partial charge in [0.2, 0.25) is 11.8 Å². The van der Waals surface area contributed by atoms with E-state index >= 15 is 0 Å². The van der Waals surface area contributed by atoms with Crippen LogP contribution in [-0.4, -0.2) is 74.1 Å². The first-order chi connectivity index (χ1) is 16.2. The van der Waals surface area contributed by atoms with Gasteiger partial charge in [-0.2, -0.15) is 0 Å². The van der Waals surface area contributed by atoms with E-state index in [9.17, 15) is 9.59 Å². The van der Waals surface area contributed by atoms with Gasteiger partial charge < -0.3 is 15.0 Å². The van der Waals surface area contributed by atoms with Crippen LogP contribution in [0.5, 0.6) is 0 Å². The summed E-state index contributed by atoms with van der Waals surface area (Å²) in [6.45, 7) is 6.01. The Labute approximate surface area is 196 Å². The molecule has 0 radical (unpaired) electrons. The van der Waals surface area contributed by atoms with E-state index in [1.54, 1.807) is 0 Å². The van der Waals surface area contributed by atoms with E-state index in [4.69, 9.17) is 4.74 Å². The minimum absolute atomic E-state index is 0.0683. The summed E-state index contributed by atoms with van der Waals surface area (Å²) in [7, 11) is 0. The van der Waals surface area contributed by atoms with Crippen molar-refractivity contribution in [3.05, 3.63) is 71.8 Å². The molecule has 0 aliphatic carbocycles. The quantitative estimate of drug-likeness (QED) is 0.640. The predicted molar refractivity (Wildman–Crippen MR) is 129 cm³/mol. The molecular formula is C27H35N3O3. The monoisotopic (exact) mass is 449 g/mol. The zero-order valence-electron chi connectivity index (χ0n) is 19.3. The highest BCUT2D eigenvalue weighted by atomic mass is 16.5. The summed E-state index contributed by atoms with van der Waals surface area (Å²) in [5, 5.41) is 3.16. The molecule has 2 aromatic rings. The molecule has 0 spiro atoms. The lowest BCUT2D eigenvalue weighted by Gasteiger charge is -2.34. The van der Waals surface area contributed by atoms with Gasteiger partial charge in [-0.1, -0.05) is 60.7 Å². The van der Waals surface area contributed by atoms with E-state index < -0.39 is 0 Å². The van der Waals surface area contributed by atoms with Gasteiger partial charge in [-0.3, -0.25) is 14.5 Å². The molecule has 2 amide bonds. The number of carbonyl (C=O) groups is 2. The van der Waals surface area contributed by atoms with Crippen LogP contribution in [0.15, 0.2) is 60.7 Å². The number of likely N-dealkylation sites (tertiary alicyclic amines) is 1. The lowest BCUT2D eigenvalue weighted by Crippen LogP contribution is -2.49. The summed E-state index contributed by atoms with van der Waals surface area (Å²) in [5.41, 5.74) is 2.52. The number of piperidine rings is 1. The number of hydrogen-bond acceptors (Lipinski definition) is 4. The highest BCUT2D eigenvalue weighted by molar-refractivity contribution is 5.83.